The van der Waals surface area contributed by atoms with Gasteiger partial charge >= 0.3 is 0 Å². The van der Waals surface area contributed by atoms with E-state index in [0.29, 0.717) is 11.3 Å². The number of benzene rings is 1. The lowest BCUT2D eigenvalue weighted by atomic mass is 10.2. The first kappa shape index (κ1) is 8.50. The van der Waals surface area contributed by atoms with E-state index in [9.17, 15) is 17.6 Å². The van der Waals surface area contributed by atoms with Gasteiger partial charge in [-0.1, -0.05) is 0 Å². The zero-order valence-corrected chi connectivity index (χ0v) is 6.89. The molecule has 0 saturated carbocycles. The molecule has 0 bridgehead atoms. The van der Waals surface area contributed by atoms with Crippen LogP contribution in [0.5, 0.6) is 0 Å². The van der Waals surface area contributed by atoms with Gasteiger partial charge in [0.15, 0.2) is 17.5 Å². The summed E-state index contributed by atoms with van der Waals surface area (Å²) in [5.41, 5.74) is 0. The normalized spacial score (nSPS) is 11.1. The summed E-state index contributed by atoms with van der Waals surface area (Å²) in [5.74, 6) is -3.84. The molecule has 68 valence electrons. The topological polar surface area (TPSA) is 0 Å². The molecule has 0 aliphatic rings. The van der Waals surface area contributed by atoms with Crippen LogP contribution in [0.4, 0.5) is 17.6 Å². The SMILES string of the molecule is Fc1ccc2sc(F)c(F)c2c1F. The number of halogens is 4. The van der Waals surface area contributed by atoms with Crippen molar-refractivity contribution in [3.63, 3.8) is 0 Å². The van der Waals surface area contributed by atoms with Crippen LogP contribution in [-0.4, -0.2) is 0 Å². The van der Waals surface area contributed by atoms with Gasteiger partial charge in [0.05, 0.1) is 5.39 Å². The lowest BCUT2D eigenvalue weighted by Crippen LogP contribution is -1.85. The van der Waals surface area contributed by atoms with E-state index in [1.807, 2.05) is 0 Å². The number of thiophene rings is 1. The first-order chi connectivity index (χ1) is 6.11. The fourth-order valence-corrected chi connectivity index (χ4v) is 1.86. The van der Waals surface area contributed by atoms with Gasteiger partial charge in [-0.3, -0.25) is 0 Å². The van der Waals surface area contributed by atoms with E-state index in [1.165, 1.54) is 0 Å². The van der Waals surface area contributed by atoms with Crippen molar-refractivity contribution >= 4 is 21.4 Å². The molecule has 0 aliphatic carbocycles. The molecule has 0 nitrogen and oxygen atoms in total. The van der Waals surface area contributed by atoms with Crippen LogP contribution in [0.1, 0.15) is 0 Å². The predicted molar refractivity (Wildman–Crippen MR) is 41.7 cm³/mol. The molecule has 0 spiro atoms. The fraction of sp³-hybridized carbons (Fsp3) is 0. The lowest BCUT2D eigenvalue weighted by Gasteiger charge is -1.93. The van der Waals surface area contributed by atoms with Crippen LogP contribution in [0.2, 0.25) is 0 Å². The Balaban J connectivity index is 2.97. The van der Waals surface area contributed by atoms with E-state index < -0.39 is 28.0 Å². The highest BCUT2D eigenvalue weighted by molar-refractivity contribution is 7.17. The van der Waals surface area contributed by atoms with Gasteiger partial charge < -0.3 is 0 Å². The molecule has 0 fully saturated rings. The van der Waals surface area contributed by atoms with Crippen LogP contribution < -0.4 is 0 Å². The second-order valence-electron chi connectivity index (χ2n) is 2.42. The summed E-state index contributed by atoms with van der Waals surface area (Å²) in [6.45, 7) is 0. The second kappa shape index (κ2) is 2.70. The molecule has 0 aliphatic heterocycles. The predicted octanol–water partition coefficient (Wildman–Crippen LogP) is 3.46. The fourth-order valence-electron chi connectivity index (χ4n) is 1.06. The molecule has 0 N–H and O–H groups in total. The largest absolute Gasteiger partial charge is 0.213 e. The summed E-state index contributed by atoms with van der Waals surface area (Å²) < 4.78 is 51.0. The molecule has 13 heavy (non-hydrogen) atoms. The Bertz CT molecular complexity index is 474. The standard InChI is InChI=1S/C8H2F4S/c9-3-1-2-4-5(6(3)10)7(11)8(12)13-4/h1-2H. The van der Waals surface area contributed by atoms with Gasteiger partial charge in [-0.2, -0.15) is 4.39 Å². The highest BCUT2D eigenvalue weighted by Crippen LogP contribution is 2.31. The van der Waals surface area contributed by atoms with Gasteiger partial charge in [-0.05, 0) is 12.1 Å². The van der Waals surface area contributed by atoms with E-state index in [4.69, 9.17) is 0 Å². The van der Waals surface area contributed by atoms with Gasteiger partial charge in [-0.25, -0.2) is 13.2 Å². The van der Waals surface area contributed by atoms with Crippen molar-refractivity contribution < 1.29 is 17.6 Å². The van der Waals surface area contributed by atoms with E-state index in [-0.39, 0.29) is 4.70 Å². The average molecular weight is 206 g/mol. The Morgan fingerprint density at radius 3 is 2.31 bits per heavy atom. The Hall–Kier alpha value is -1.10. The van der Waals surface area contributed by atoms with Crippen molar-refractivity contribution in [1.29, 1.82) is 0 Å². The minimum Gasteiger partial charge on any atom is -0.204 e. The van der Waals surface area contributed by atoms with Crippen LogP contribution >= 0.6 is 11.3 Å². The minimum absolute atomic E-state index is 0.0638. The molecule has 2 aromatic rings. The third-order valence-corrected chi connectivity index (χ3v) is 2.57. The second-order valence-corrected chi connectivity index (χ2v) is 3.43. The Labute approximate surface area is 74.4 Å². The molecular weight excluding hydrogens is 204 g/mol. The molecule has 1 heterocycles. The summed E-state index contributed by atoms with van der Waals surface area (Å²) in [5, 5.41) is -1.73. The Morgan fingerprint density at radius 2 is 1.62 bits per heavy atom. The summed E-state index contributed by atoms with van der Waals surface area (Å²) >= 11 is 0.453. The maximum atomic E-state index is 12.9. The zero-order valence-electron chi connectivity index (χ0n) is 6.07. The molecule has 0 radical (unpaired) electrons. The summed E-state index contributed by atoms with van der Waals surface area (Å²) in [6.07, 6.45) is 0. The van der Waals surface area contributed by atoms with Crippen molar-refractivity contribution in [2.75, 3.05) is 0 Å². The average Bonchev–Trinajstić information content (AvgIpc) is 2.37. The van der Waals surface area contributed by atoms with Crippen molar-refractivity contribution in [2.45, 2.75) is 0 Å². The molecule has 0 saturated heterocycles. The van der Waals surface area contributed by atoms with Gasteiger partial charge in [0, 0.05) is 4.70 Å². The van der Waals surface area contributed by atoms with Crippen LogP contribution in [0.3, 0.4) is 0 Å². The smallest absolute Gasteiger partial charge is 0.204 e. The molecule has 5 heteroatoms. The monoisotopic (exact) mass is 206 g/mol. The lowest BCUT2D eigenvalue weighted by molar-refractivity contribution is 0.503. The number of rotatable bonds is 0. The first-order valence-corrected chi connectivity index (χ1v) is 4.14. The summed E-state index contributed by atoms with van der Waals surface area (Å²) in [4.78, 5) is 0. The number of hydrogen-bond donors (Lipinski definition) is 0. The van der Waals surface area contributed by atoms with Crippen LogP contribution in [-0.2, 0) is 0 Å². The number of hydrogen-bond acceptors (Lipinski definition) is 1. The molecule has 0 amide bonds. The van der Waals surface area contributed by atoms with Gasteiger partial charge in [0.1, 0.15) is 0 Å². The highest BCUT2D eigenvalue weighted by Gasteiger charge is 2.17. The van der Waals surface area contributed by atoms with Crippen LogP contribution in [0, 0.1) is 22.6 Å². The van der Waals surface area contributed by atoms with Gasteiger partial charge in [-0.15, -0.1) is 11.3 Å². The maximum Gasteiger partial charge on any atom is 0.213 e. The molecule has 0 atom stereocenters. The number of fused-ring (bicyclic) bond motifs is 1. The van der Waals surface area contributed by atoms with Crippen molar-refractivity contribution in [3.8, 4) is 0 Å². The van der Waals surface area contributed by atoms with Gasteiger partial charge in [0.25, 0.3) is 0 Å². The third-order valence-electron chi connectivity index (χ3n) is 1.65. The van der Waals surface area contributed by atoms with Crippen LogP contribution in [0.15, 0.2) is 12.1 Å². The first-order valence-electron chi connectivity index (χ1n) is 3.32. The molecule has 1 aromatic heterocycles. The highest BCUT2D eigenvalue weighted by atomic mass is 32.1. The molecule has 1 aromatic carbocycles. The van der Waals surface area contributed by atoms with E-state index in [0.717, 1.165) is 12.1 Å². The zero-order chi connectivity index (χ0) is 9.59. The summed E-state index contributed by atoms with van der Waals surface area (Å²) in [7, 11) is 0. The van der Waals surface area contributed by atoms with E-state index in [2.05, 4.69) is 0 Å². The molecular formula is C8H2F4S. The Kier molecular flexibility index (Phi) is 1.76. The van der Waals surface area contributed by atoms with Gasteiger partial charge in [0.2, 0.25) is 5.13 Å². The van der Waals surface area contributed by atoms with E-state index in [1.54, 1.807) is 0 Å². The summed E-state index contributed by atoms with van der Waals surface area (Å²) in [6, 6.07) is 1.98. The van der Waals surface area contributed by atoms with Crippen molar-refractivity contribution in [3.05, 3.63) is 34.7 Å². The maximum absolute atomic E-state index is 12.9. The van der Waals surface area contributed by atoms with E-state index >= 15 is 0 Å². The quantitative estimate of drug-likeness (QED) is 0.579. The Morgan fingerprint density at radius 1 is 0.923 bits per heavy atom. The molecule has 2 rings (SSSR count). The molecule has 0 unspecified atom stereocenters. The van der Waals surface area contributed by atoms with Crippen molar-refractivity contribution in [2.24, 2.45) is 0 Å². The van der Waals surface area contributed by atoms with Crippen molar-refractivity contribution in [1.82, 2.24) is 0 Å². The van der Waals surface area contributed by atoms with Crippen LogP contribution in [0.25, 0.3) is 10.1 Å². The third kappa shape index (κ3) is 1.11. The minimum atomic E-state index is -1.34.